The summed E-state index contributed by atoms with van der Waals surface area (Å²) in [7, 11) is 0. The molecular weight excluding hydrogens is 616 g/mol. The van der Waals surface area contributed by atoms with Gasteiger partial charge in [-0.25, -0.2) is 19.2 Å². The monoisotopic (exact) mass is 649 g/mol. The van der Waals surface area contributed by atoms with Crippen molar-refractivity contribution in [3.63, 3.8) is 0 Å². The average molecular weight is 651 g/mol. The van der Waals surface area contributed by atoms with E-state index in [1.54, 1.807) is 42.7 Å². The van der Waals surface area contributed by atoms with E-state index < -0.39 is 12.1 Å². The SMILES string of the molecule is CCn1cncc1Cn1c(CN2CCC([C@H](F)c3cccc(COc4ccc(Cl)cc4Cl)c3)CC2)nc2ccc(C(=O)O)cc21. The molecule has 1 aliphatic heterocycles. The van der Waals surface area contributed by atoms with Gasteiger partial charge < -0.3 is 19.0 Å². The summed E-state index contributed by atoms with van der Waals surface area (Å²) in [6.07, 6.45) is 3.98. The number of fused-ring (bicyclic) bond motifs is 1. The molecule has 6 rings (SSSR count). The first-order valence-electron chi connectivity index (χ1n) is 15.0. The minimum atomic E-state index is -1.08. The minimum absolute atomic E-state index is 0.0982. The molecule has 11 heteroatoms. The number of ether oxygens (including phenoxy) is 1. The molecule has 45 heavy (non-hydrogen) atoms. The summed E-state index contributed by atoms with van der Waals surface area (Å²) in [6, 6.07) is 17.6. The molecule has 8 nitrogen and oxygen atoms in total. The third-order valence-electron chi connectivity index (χ3n) is 8.50. The average Bonchev–Trinajstić information content (AvgIpc) is 3.64. The van der Waals surface area contributed by atoms with E-state index in [0.717, 1.165) is 47.7 Å². The quantitative estimate of drug-likeness (QED) is 0.157. The highest BCUT2D eigenvalue weighted by atomic mass is 35.5. The van der Waals surface area contributed by atoms with Gasteiger partial charge in [0.1, 0.15) is 24.4 Å². The van der Waals surface area contributed by atoms with E-state index in [1.807, 2.05) is 30.5 Å². The number of carboxylic acid groups (broad SMARTS) is 1. The second kappa shape index (κ2) is 13.6. The number of hydrogen-bond donors (Lipinski definition) is 1. The number of piperidine rings is 1. The number of halogens is 3. The molecule has 0 bridgehead atoms. The third kappa shape index (κ3) is 7.01. The van der Waals surface area contributed by atoms with E-state index in [2.05, 4.69) is 25.9 Å². The Balaban J connectivity index is 1.12. The van der Waals surface area contributed by atoms with Gasteiger partial charge in [-0.2, -0.15) is 0 Å². The fraction of sp³-hybridized carbons (Fsp3) is 0.324. The number of rotatable bonds is 11. The first-order valence-corrected chi connectivity index (χ1v) is 15.8. The second-order valence-corrected chi connectivity index (χ2v) is 12.3. The summed E-state index contributed by atoms with van der Waals surface area (Å²) < 4.78 is 25.9. The van der Waals surface area contributed by atoms with Crippen LogP contribution in [0.4, 0.5) is 4.39 Å². The van der Waals surface area contributed by atoms with Crippen LogP contribution in [0.5, 0.6) is 5.75 Å². The second-order valence-electron chi connectivity index (χ2n) is 11.4. The van der Waals surface area contributed by atoms with Gasteiger partial charge >= 0.3 is 5.97 Å². The van der Waals surface area contributed by atoms with Crippen molar-refractivity contribution in [3.8, 4) is 5.75 Å². The summed E-state index contributed by atoms with van der Waals surface area (Å²) in [6.45, 7) is 5.69. The van der Waals surface area contributed by atoms with E-state index in [-0.39, 0.29) is 18.1 Å². The smallest absolute Gasteiger partial charge is 0.335 e. The number of aromatic nitrogens is 4. The normalized spacial score (nSPS) is 15.0. The zero-order valence-corrected chi connectivity index (χ0v) is 26.4. The minimum Gasteiger partial charge on any atom is -0.487 e. The zero-order chi connectivity index (χ0) is 31.5. The summed E-state index contributed by atoms with van der Waals surface area (Å²) >= 11 is 12.2. The van der Waals surface area contributed by atoms with Crippen LogP contribution in [0.1, 0.15) is 58.9 Å². The van der Waals surface area contributed by atoms with Crippen LogP contribution in [-0.2, 0) is 26.2 Å². The summed E-state index contributed by atoms with van der Waals surface area (Å²) in [4.78, 5) is 23.2. The summed E-state index contributed by atoms with van der Waals surface area (Å²) in [5.74, 6) is 0.304. The van der Waals surface area contributed by atoms with Crippen molar-refractivity contribution in [2.45, 2.75) is 52.2 Å². The lowest BCUT2D eigenvalue weighted by molar-refractivity contribution is 0.0697. The highest BCUT2D eigenvalue weighted by Crippen LogP contribution is 2.35. The highest BCUT2D eigenvalue weighted by Gasteiger charge is 2.29. The molecule has 1 N–H and O–H groups in total. The number of carboxylic acids is 1. The molecule has 0 spiro atoms. The summed E-state index contributed by atoms with van der Waals surface area (Å²) in [5, 5.41) is 10.6. The van der Waals surface area contributed by atoms with Crippen molar-refractivity contribution in [2.75, 3.05) is 13.1 Å². The molecule has 3 heterocycles. The zero-order valence-electron chi connectivity index (χ0n) is 24.9. The maximum Gasteiger partial charge on any atom is 0.335 e. The standard InChI is InChI=1S/C34H34Cl2FN5O3/c1-2-41-21-38-17-27(41)18-42-30-15-25(34(43)44)6-8-29(30)39-32(42)19-40-12-10-23(11-13-40)33(37)24-5-3-4-22(14-24)20-45-31-9-7-26(35)16-28(31)36/h3-9,14-17,21,23,33H,2,10-13,18-20H2,1H3,(H,43,44)/t33-/m0/s1. The van der Waals surface area contributed by atoms with Gasteiger partial charge in [-0.15, -0.1) is 0 Å². The van der Waals surface area contributed by atoms with Gasteiger partial charge in [0.2, 0.25) is 0 Å². The molecule has 0 saturated carbocycles. The summed E-state index contributed by atoms with van der Waals surface area (Å²) in [5.41, 5.74) is 4.28. The fourth-order valence-corrected chi connectivity index (χ4v) is 6.48. The van der Waals surface area contributed by atoms with Crippen molar-refractivity contribution in [1.82, 2.24) is 24.0 Å². The lowest BCUT2D eigenvalue weighted by Gasteiger charge is -2.33. The van der Waals surface area contributed by atoms with Gasteiger partial charge in [0.05, 0.1) is 46.7 Å². The lowest BCUT2D eigenvalue weighted by atomic mass is 9.88. The molecule has 0 amide bonds. The third-order valence-corrected chi connectivity index (χ3v) is 9.03. The molecule has 3 aromatic carbocycles. The highest BCUT2D eigenvalue weighted by molar-refractivity contribution is 6.35. The van der Waals surface area contributed by atoms with Crippen LogP contribution in [0.25, 0.3) is 11.0 Å². The molecule has 5 aromatic rings. The Labute approximate surface area is 271 Å². The predicted octanol–water partition coefficient (Wildman–Crippen LogP) is 7.81. The number of carbonyl (C=O) groups is 1. The number of aryl methyl sites for hydroxylation is 1. The van der Waals surface area contributed by atoms with E-state index in [4.69, 9.17) is 32.9 Å². The molecule has 1 saturated heterocycles. The number of aromatic carboxylic acids is 1. The molecule has 234 valence electrons. The molecule has 1 atom stereocenters. The Hall–Kier alpha value is -3.92. The Morgan fingerprint density at radius 1 is 1.09 bits per heavy atom. The van der Waals surface area contributed by atoms with Gasteiger partial charge in [-0.3, -0.25) is 4.90 Å². The molecule has 0 unspecified atom stereocenters. The van der Waals surface area contributed by atoms with Crippen molar-refractivity contribution < 1.29 is 19.0 Å². The Morgan fingerprint density at radius 3 is 2.67 bits per heavy atom. The molecule has 1 fully saturated rings. The van der Waals surface area contributed by atoms with Crippen molar-refractivity contribution in [3.05, 3.63) is 111 Å². The van der Waals surface area contributed by atoms with E-state index in [0.29, 0.717) is 47.3 Å². The van der Waals surface area contributed by atoms with Crippen LogP contribution in [0.2, 0.25) is 10.0 Å². The van der Waals surface area contributed by atoms with Crippen molar-refractivity contribution in [1.29, 1.82) is 0 Å². The first kappa shape index (κ1) is 31.1. The van der Waals surface area contributed by atoms with Gasteiger partial charge in [0.15, 0.2) is 0 Å². The van der Waals surface area contributed by atoms with Crippen molar-refractivity contribution in [2.24, 2.45) is 5.92 Å². The maximum atomic E-state index is 15.8. The molecule has 0 radical (unpaired) electrons. The van der Waals surface area contributed by atoms with Crippen LogP contribution in [0.3, 0.4) is 0 Å². The largest absolute Gasteiger partial charge is 0.487 e. The van der Waals surface area contributed by atoms with Crippen LogP contribution < -0.4 is 4.74 Å². The van der Waals surface area contributed by atoms with Crippen LogP contribution >= 0.6 is 23.2 Å². The van der Waals surface area contributed by atoms with Gasteiger partial charge in [-0.1, -0.05) is 41.4 Å². The first-order chi connectivity index (χ1) is 21.8. The number of hydrogen-bond acceptors (Lipinski definition) is 5. The van der Waals surface area contributed by atoms with Crippen LogP contribution in [0, 0.1) is 5.92 Å². The molecule has 1 aliphatic rings. The van der Waals surface area contributed by atoms with E-state index in [1.165, 1.54) is 0 Å². The van der Waals surface area contributed by atoms with Crippen molar-refractivity contribution >= 4 is 40.2 Å². The number of nitrogens with zero attached hydrogens (tertiary/aromatic N) is 5. The van der Waals surface area contributed by atoms with Crippen LogP contribution in [-0.4, -0.2) is 48.2 Å². The topological polar surface area (TPSA) is 85.4 Å². The van der Waals surface area contributed by atoms with E-state index in [9.17, 15) is 9.90 Å². The predicted molar refractivity (Wildman–Crippen MR) is 173 cm³/mol. The maximum absolute atomic E-state index is 15.8. The molecule has 0 aliphatic carbocycles. The molecular formula is C34H34Cl2FN5O3. The van der Waals surface area contributed by atoms with Gasteiger partial charge in [0.25, 0.3) is 0 Å². The number of benzene rings is 3. The number of likely N-dealkylation sites (tertiary alicyclic amines) is 1. The molecule has 2 aromatic heterocycles. The number of alkyl halides is 1. The Morgan fingerprint density at radius 2 is 1.91 bits per heavy atom. The van der Waals surface area contributed by atoms with E-state index >= 15 is 4.39 Å². The fourth-order valence-electron chi connectivity index (χ4n) is 6.01. The number of imidazole rings is 2. The van der Waals surface area contributed by atoms with Crippen LogP contribution in [0.15, 0.2) is 73.2 Å². The Kier molecular flexibility index (Phi) is 9.40. The Bertz CT molecular complexity index is 1810. The van der Waals surface area contributed by atoms with Gasteiger partial charge in [0, 0.05) is 17.8 Å². The lowest BCUT2D eigenvalue weighted by Crippen LogP contribution is -2.35. The van der Waals surface area contributed by atoms with Gasteiger partial charge in [-0.05, 0) is 92.4 Å².